The fourth-order valence-electron chi connectivity index (χ4n) is 2.08. The van der Waals surface area contributed by atoms with Gasteiger partial charge in [0.05, 0.1) is 6.61 Å². The third-order valence-electron chi connectivity index (χ3n) is 3.05. The van der Waals surface area contributed by atoms with E-state index in [0.29, 0.717) is 6.04 Å². The van der Waals surface area contributed by atoms with Gasteiger partial charge in [0.2, 0.25) is 0 Å². The van der Waals surface area contributed by atoms with Crippen molar-refractivity contribution in [3.8, 4) is 5.75 Å². The zero-order chi connectivity index (χ0) is 13.9. The Kier molecular flexibility index (Phi) is 8.26. The molecule has 3 heteroatoms. The summed E-state index contributed by atoms with van der Waals surface area (Å²) < 4.78 is 10.7. The third kappa shape index (κ3) is 6.08. The second-order valence-corrected chi connectivity index (χ2v) is 4.66. The topological polar surface area (TPSA) is 30.5 Å². The van der Waals surface area contributed by atoms with Gasteiger partial charge in [0.15, 0.2) is 0 Å². The number of rotatable bonds is 10. The highest BCUT2D eigenvalue weighted by Crippen LogP contribution is 2.21. The van der Waals surface area contributed by atoms with Gasteiger partial charge in [0.25, 0.3) is 0 Å². The lowest BCUT2D eigenvalue weighted by Gasteiger charge is -2.18. The molecule has 1 rings (SSSR count). The van der Waals surface area contributed by atoms with Crippen molar-refractivity contribution >= 4 is 0 Å². The van der Waals surface area contributed by atoms with Crippen molar-refractivity contribution in [3.63, 3.8) is 0 Å². The summed E-state index contributed by atoms with van der Waals surface area (Å²) in [6, 6.07) is 8.84. The minimum atomic E-state index is 0.403. The summed E-state index contributed by atoms with van der Waals surface area (Å²) in [6.07, 6.45) is 3.21. The molecule has 0 fully saturated rings. The summed E-state index contributed by atoms with van der Waals surface area (Å²) in [7, 11) is 1.75. The Morgan fingerprint density at radius 3 is 2.42 bits per heavy atom. The van der Waals surface area contributed by atoms with Crippen LogP contribution in [0.1, 0.15) is 44.7 Å². The molecule has 0 spiro atoms. The summed E-state index contributed by atoms with van der Waals surface area (Å²) in [4.78, 5) is 0. The molecular formula is C16H27NO2. The Labute approximate surface area is 117 Å². The average Bonchev–Trinajstić information content (AvgIpc) is 2.45. The van der Waals surface area contributed by atoms with Gasteiger partial charge in [0, 0.05) is 19.8 Å². The predicted molar refractivity (Wildman–Crippen MR) is 79.8 cm³/mol. The molecule has 108 valence electrons. The van der Waals surface area contributed by atoms with Gasteiger partial charge < -0.3 is 14.8 Å². The van der Waals surface area contributed by atoms with Crippen LogP contribution in [-0.4, -0.2) is 26.9 Å². The lowest BCUT2D eigenvalue weighted by molar-refractivity contribution is 0.189. The fourth-order valence-corrected chi connectivity index (χ4v) is 2.08. The summed E-state index contributed by atoms with van der Waals surface area (Å²) in [5.41, 5.74) is 1.32. The van der Waals surface area contributed by atoms with Gasteiger partial charge in [-0.05, 0) is 43.5 Å². The van der Waals surface area contributed by atoms with Crippen molar-refractivity contribution in [3.05, 3.63) is 29.8 Å². The fraction of sp³-hybridized carbons (Fsp3) is 0.625. The second kappa shape index (κ2) is 9.82. The highest BCUT2D eigenvalue weighted by Gasteiger charge is 2.09. The molecule has 0 bridgehead atoms. The second-order valence-electron chi connectivity index (χ2n) is 4.66. The molecule has 0 aromatic heterocycles. The first-order valence-electron chi connectivity index (χ1n) is 7.26. The molecule has 0 aliphatic carbocycles. The van der Waals surface area contributed by atoms with E-state index in [1.165, 1.54) is 5.56 Å². The van der Waals surface area contributed by atoms with E-state index in [0.717, 1.165) is 44.8 Å². The smallest absolute Gasteiger partial charge is 0.119 e. The van der Waals surface area contributed by atoms with Gasteiger partial charge in [0.1, 0.15) is 5.75 Å². The van der Waals surface area contributed by atoms with E-state index in [-0.39, 0.29) is 0 Å². The van der Waals surface area contributed by atoms with Crippen LogP contribution in [0.25, 0.3) is 0 Å². The molecule has 1 N–H and O–H groups in total. The number of benzene rings is 1. The largest absolute Gasteiger partial charge is 0.494 e. The molecule has 1 atom stereocenters. The molecule has 0 saturated carbocycles. The predicted octanol–water partition coefficient (Wildman–Crippen LogP) is 3.55. The van der Waals surface area contributed by atoms with Crippen LogP contribution < -0.4 is 10.1 Å². The number of hydrogen-bond acceptors (Lipinski definition) is 3. The van der Waals surface area contributed by atoms with Gasteiger partial charge >= 0.3 is 0 Å². The van der Waals surface area contributed by atoms with Gasteiger partial charge in [-0.2, -0.15) is 0 Å². The summed E-state index contributed by atoms with van der Waals surface area (Å²) in [5.74, 6) is 0.956. The third-order valence-corrected chi connectivity index (χ3v) is 3.05. The highest BCUT2D eigenvalue weighted by atomic mass is 16.5. The van der Waals surface area contributed by atoms with E-state index >= 15 is 0 Å². The van der Waals surface area contributed by atoms with Crippen molar-refractivity contribution in [1.82, 2.24) is 5.32 Å². The van der Waals surface area contributed by atoms with Gasteiger partial charge in [-0.3, -0.25) is 0 Å². The number of hydrogen-bond donors (Lipinski definition) is 1. The first-order valence-corrected chi connectivity index (χ1v) is 7.26. The zero-order valence-electron chi connectivity index (χ0n) is 12.4. The Bertz CT molecular complexity index is 324. The molecule has 1 aromatic rings. The van der Waals surface area contributed by atoms with E-state index in [4.69, 9.17) is 9.47 Å². The van der Waals surface area contributed by atoms with Gasteiger partial charge in [-0.25, -0.2) is 0 Å². The Hall–Kier alpha value is -1.06. The molecule has 0 saturated heterocycles. The molecule has 3 nitrogen and oxygen atoms in total. The van der Waals surface area contributed by atoms with Crippen molar-refractivity contribution in [2.75, 3.05) is 26.9 Å². The van der Waals surface area contributed by atoms with E-state index in [9.17, 15) is 0 Å². The monoisotopic (exact) mass is 265 g/mol. The molecule has 1 unspecified atom stereocenters. The molecule has 0 amide bonds. The molecule has 1 aromatic carbocycles. The van der Waals surface area contributed by atoms with Crippen molar-refractivity contribution in [2.45, 2.75) is 39.2 Å². The van der Waals surface area contributed by atoms with Crippen LogP contribution in [0.4, 0.5) is 0 Å². The van der Waals surface area contributed by atoms with Crippen LogP contribution in [0.3, 0.4) is 0 Å². The number of ether oxygens (including phenoxy) is 2. The van der Waals surface area contributed by atoms with E-state index in [2.05, 4.69) is 43.4 Å². The molecule has 0 heterocycles. The summed E-state index contributed by atoms with van der Waals surface area (Å²) in [6.45, 7) is 6.84. The van der Waals surface area contributed by atoms with Crippen molar-refractivity contribution in [1.29, 1.82) is 0 Å². The van der Waals surface area contributed by atoms with Gasteiger partial charge in [-0.1, -0.05) is 26.0 Å². The lowest BCUT2D eigenvalue weighted by atomic mass is 10.0. The van der Waals surface area contributed by atoms with E-state index in [1.807, 2.05) is 0 Å². The van der Waals surface area contributed by atoms with Crippen LogP contribution in [0.15, 0.2) is 24.3 Å². The summed E-state index contributed by atoms with van der Waals surface area (Å²) in [5, 5.41) is 3.52. The van der Waals surface area contributed by atoms with Gasteiger partial charge in [-0.15, -0.1) is 0 Å². The Morgan fingerprint density at radius 1 is 1.11 bits per heavy atom. The van der Waals surface area contributed by atoms with Crippen LogP contribution in [0.5, 0.6) is 5.75 Å². The zero-order valence-corrected chi connectivity index (χ0v) is 12.4. The maximum Gasteiger partial charge on any atom is 0.119 e. The minimum absolute atomic E-state index is 0.403. The molecular weight excluding hydrogens is 238 g/mol. The van der Waals surface area contributed by atoms with Crippen LogP contribution >= 0.6 is 0 Å². The van der Waals surface area contributed by atoms with Crippen LogP contribution in [0.2, 0.25) is 0 Å². The normalized spacial score (nSPS) is 12.4. The standard InChI is InChI=1S/C16H27NO2/c1-4-12-19-15-10-8-14(9-11-15)16(17-5-2)7-6-13-18-3/h8-11,16-17H,4-7,12-13H2,1-3H3. The SMILES string of the molecule is CCCOc1ccc(C(CCCOC)NCC)cc1. The van der Waals surface area contributed by atoms with Crippen molar-refractivity contribution in [2.24, 2.45) is 0 Å². The molecule has 0 radical (unpaired) electrons. The molecule has 19 heavy (non-hydrogen) atoms. The Morgan fingerprint density at radius 2 is 1.84 bits per heavy atom. The quantitative estimate of drug-likeness (QED) is 0.656. The van der Waals surface area contributed by atoms with Crippen LogP contribution in [-0.2, 0) is 4.74 Å². The maximum absolute atomic E-state index is 5.61. The maximum atomic E-state index is 5.61. The first-order chi connectivity index (χ1) is 9.31. The van der Waals surface area contributed by atoms with Crippen molar-refractivity contribution < 1.29 is 9.47 Å². The molecule has 0 aliphatic heterocycles. The summed E-state index contributed by atoms with van der Waals surface area (Å²) >= 11 is 0. The first kappa shape index (κ1) is 16.0. The lowest BCUT2D eigenvalue weighted by Crippen LogP contribution is -2.21. The molecule has 0 aliphatic rings. The minimum Gasteiger partial charge on any atom is -0.494 e. The van der Waals surface area contributed by atoms with E-state index < -0.39 is 0 Å². The average molecular weight is 265 g/mol. The Balaban J connectivity index is 2.57. The van der Waals surface area contributed by atoms with Crippen LogP contribution in [0, 0.1) is 0 Å². The number of methoxy groups -OCH3 is 1. The highest BCUT2D eigenvalue weighted by molar-refractivity contribution is 5.29. The van der Waals surface area contributed by atoms with E-state index in [1.54, 1.807) is 7.11 Å². The number of nitrogens with one attached hydrogen (secondary N) is 1.